The first-order chi connectivity index (χ1) is 13.8. The largest absolute Gasteiger partial charge is 0.444 e. The highest BCUT2D eigenvalue weighted by Gasteiger charge is 2.28. The summed E-state index contributed by atoms with van der Waals surface area (Å²) in [5, 5.41) is 11.5. The quantitative estimate of drug-likeness (QED) is 0.509. The molecule has 1 aromatic carbocycles. The Morgan fingerprint density at radius 1 is 1.23 bits per heavy atom. The molecule has 1 saturated heterocycles. The van der Waals surface area contributed by atoms with E-state index in [9.17, 15) is 23.3 Å². The summed E-state index contributed by atoms with van der Waals surface area (Å²) < 4.78 is 30.8. The minimum Gasteiger partial charge on any atom is -0.444 e. The summed E-state index contributed by atoms with van der Waals surface area (Å²) in [6, 6.07) is 4.47. The van der Waals surface area contributed by atoms with Gasteiger partial charge in [0.2, 0.25) is 10.0 Å². The smallest absolute Gasteiger partial charge is 0.410 e. The number of amides is 1. The number of sulfonamides is 1. The van der Waals surface area contributed by atoms with Gasteiger partial charge in [0.05, 0.1) is 11.2 Å². The lowest BCUT2D eigenvalue weighted by atomic mass is 10.2. The topological polar surface area (TPSA) is 113 Å². The standard InChI is InChI=1S/C19H30N4O6S/c1-6-22(30(5,27)28)17-14-15(8-9-16(17)23(25)26)20-10-7-11-21(13-12-20)18(24)29-19(2,3)4/h8-9,14H,6-7,10-13H2,1-5H3. The first-order valence-corrected chi connectivity index (χ1v) is 11.7. The molecule has 1 aromatic rings. The second-order valence-electron chi connectivity index (χ2n) is 8.17. The van der Waals surface area contributed by atoms with E-state index in [1.165, 1.54) is 12.1 Å². The molecule has 0 saturated carbocycles. The SMILES string of the molecule is CCN(c1cc(N2CCCN(C(=O)OC(C)(C)C)CC2)ccc1[N+](=O)[O-])S(C)(=O)=O. The third-order valence-corrected chi connectivity index (χ3v) is 5.88. The number of carbonyl (C=O) groups excluding carboxylic acids is 1. The van der Waals surface area contributed by atoms with Crippen molar-refractivity contribution in [2.45, 2.75) is 39.7 Å². The number of hydrogen-bond donors (Lipinski definition) is 0. The molecule has 0 spiro atoms. The van der Waals surface area contributed by atoms with Crippen molar-refractivity contribution in [1.29, 1.82) is 0 Å². The minimum atomic E-state index is -3.68. The number of carbonyl (C=O) groups is 1. The zero-order valence-electron chi connectivity index (χ0n) is 18.1. The van der Waals surface area contributed by atoms with Crippen molar-refractivity contribution in [2.24, 2.45) is 0 Å². The number of hydrogen-bond acceptors (Lipinski definition) is 7. The predicted molar refractivity (Wildman–Crippen MR) is 116 cm³/mol. The summed E-state index contributed by atoms with van der Waals surface area (Å²) in [5.41, 5.74) is -0.137. The fourth-order valence-corrected chi connectivity index (χ4v) is 4.30. The van der Waals surface area contributed by atoms with Crippen LogP contribution in [0, 0.1) is 10.1 Å². The number of nitrogens with zero attached hydrogens (tertiary/aromatic N) is 4. The van der Waals surface area contributed by atoms with Crippen molar-refractivity contribution in [3.05, 3.63) is 28.3 Å². The van der Waals surface area contributed by atoms with Gasteiger partial charge in [0.25, 0.3) is 5.69 Å². The summed E-state index contributed by atoms with van der Waals surface area (Å²) in [5.74, 6) is 0. The van der Waals surface area contributed by atoms with Gasteiger partial charge in [0.1, 0.15) is 11.3 Å². The second-order valence-corrected chi connectivity index (χ2v) is 10.1. The Balaban J connectivity index is 2.29. The molecule has 11 heteroatoms. The Labute approximate surface area is 177 Å². The zero-order chi connectivity index (χ0) is 22.7. The number of ether oxygens (including phenoxy) is 1. The molecular weight excluding hydrogens is 412 g/mol. The Bertz CT molecular complexity index is 897. The molecule has 2 rings (SSSR count). The van der Waals surface area contributed by atoms with Gasteiger partial charge in [-0.3, -0.25) is 14.4 Å². The van der Waals surface area contributed by atoms with Gasteiger partial charge in [0.15, 0.2) is 0 Å². The second kappa shape index (κ2) is 9.07. The van der Waals surface area contributed by atoms with Gasteiger partial charge < -0.3 is 14.5 Å². The number of nitro benzene ring substituents is 1. The molecule has 168 valence electrons. The molecular formula is C19H30N4O6S. The van der Waals surface area contributed by atoms with Gasteiger partial charge >= 0.3 is 6.09 Å². The van der Waals surface area contributed by atoms with Crippen molar-refractivity contribution in [2.75, 3.05) is 48.2 Å². The van der Waals surface area contributed by atoms with Gasteiger partial charge in [-0.2, -0.15) is 0 Å². The minimum absolute atomic E-state index is 0.0377. The Hall–Kier alpha value is -2.56. The van der Waals surface area contributed by atoms with Crippen LogP contribution in [-0.2, 0) is 14.8 Å². The molecule has 0 bridgehead atoms. The van der Waals surface area contributed by atoms with E-state index in [1.807, 2.05) is 25.7 Å². The van der Waals surface area contributed by atoms with Gasteiger partial charge in [-0.1, -0.05) is 0 Å². The van der Waals surface area contributed by atoms with E-state index in [0.29, 0.717) is 38.3 Å². The van der Waals surface area contributed by atoms with Gasteiger partial charge in [-0.15, -0.1) is 0 Å². The van der Waals surface area contributed by atoms with Crippen LogP contribution in [0.3, 0.4) is 0 Å². The first-order valence-electron chi connectivity index (χ1n) is 9.82. The molecule has 0 N–H and O–H groups in total. The van der Waals surface area contributed by atoms with Crippen LogP contribution in [0.5, 0.6) is 0 Å². The molecule has 30 heavy (non-hydrogen) atoms. The lowest BCUT2D eigenvalue weighted by Crippen LogP contribution is -2.39. The van der Waals surface area contributed by atoms with Crippen LogP contribution >= 0.6 is 0 Å². The maximum Gasteiger partial charge on any atom is 0.410 e. The number of nitro groups is 1. The highest BCUT2D eigenvalue weighted by molar-refractivity contribution is 7.92. The maximum absolute atomic E-state index is 12.4. The highest BCUT2D eigenvalue weighted by Crippen LogP contribution is 2.34. The van der Waals surface area contributed by atoms with Crippen molar-refractivity contribution >= 4 is 33.2 Å². The van der Waals surface area contributed by atoms with E-state index in [1.54, 1.807) is 17.9 Å². The van der Waals surface area contributed by atoms with Crippen LogP contribution < -0.4 is 9.21 Å². The van der Waals surface area contributed by atoms with Crippen LogP contribution in [0.15, 0.2) is 18.2 Å². The molecule has 1 heterocycles. The monoisotopic (exact) mass is 442 g/mol. The van der Waals surface area contributed by atoms with Crippen molar-refractivity contribution in [1.82, 2.24) is 4.90 Å². The first kappa shape index (κ1) is 23.7. The van der Waals surface area contributed by atoms with E-state index in [4.69, 9.17) is 4.74 Å². The summed E-state index contributed by atoms with van der Waals surface area (Å²) in [6.45, 7) is 9.25. The summed E-state index contributed by atoms with van der Waals surface area (Å²) in [6.07, 6.45) is 1.34. The van der Waals surface area contributed by atoms with E-state index in [-0.39, 0.29) is 24.0 Å². The molecule has 1 aliphatic heterocycles. The third kappa shape index (κ3) is 5.97. The average Bonchev–Trinajstić information content (AvgIpc) is 2.85. The van der Waals surface area contributed by atoms with Crippen LogP contribution in [-0.4, -0.2) is 68.9 Å². The fraction of sp³-hybridized carbons (Fsp3) is 0.632. The highest BCUT2D eigenvalue weighted by atomic mass is 32.2. The molecule has 1 fully saturated rings. The van der Waals surface area contributed by atoms with Gasteiger partial charge in [0, 0.05) is 44.5 Å². The van der Waals surface area contributed by atoms with E-state index in [0.717, 1.165) is 10.6 Å². The normalized spacial score (nSPS) is 15.5. The van der Waals surface area contributed by atoms with E-state index in [2.05, 4.69) is 0 Å². The number of benzene rings is 1. The molecule has 0 aliphatic carbocycles. The number of rotatable bonds is 5. The summed E-state index contributed by atoms with van der Waals surface area (Å²) in [7, 11) is -3.68. The zero-order valence-corrected chi connectivity index (χ0v) is 18.9. The van der Waals surface area contributed by atoms with Crippen LogP contribution in [0.1, 0.15) is 34.1 Å². The lowest BCUT2D eigenvalue weighted by molar-refractivity contribution is -0.384. The fourth-order valence-electron chi connectivity index (χ4n) is 3.33. The molecule has 0 unspecified atom stereocenters. The van der Waals surface area contributed by atoms with Gasteiger partial charge in [-0.05, 0) is 46.2 Å². The average molecular weight is 443 g/mol. The Morgan fingerprint density at radius 3 is 2.43 bits per heavy atom. The van der Waals surface area contributed by atoms with E-state index >= 15 is 0 Å². The molecule has 0 aromatic heterocycles. The van der Waals surface area contributed by atoms with Gasteiger partial charge in [-0.25, -0.2) is 13.2 Å². The molecule has 1 amide bonds. The van der Waals surface area contributed by atoms with Crippen molar-refractivity contribution in [3.63, 3.8) is 0 Å². The van der Waals surface area contributed by atoms with E-state index < -0.39 is 20.5 Å². The summed E-state index contributed by atoms with van der Waals surface area (Å²) >= 11 is 0. The molecule has 0 atom stereocenters. The lowest BCUT2D eigenvalue weighted by Gasteiger charge is -2.27. The number of anilines is 2. The third-order valence-electron chi connectivity index (χ3n) is 4.62. The molecule has 0 radical (unpaired) electrons. The molecule has 1 aliphatic rings. The Kier molecular flexibility index (Phi) is 7.17. The predicted octanol–water partition coefficient (Wildman–Crippen LogP) is 2.83. The molecule has 10 nitrogen and oxygen atoms in total. The van der Waals surface area contributed by atoms with Crippen LogP contribution in [0.25, 0.3) is 0 Å². The van der Waals surface area contributed by atoms with Crippen LogP contribution in [0.2, 0.25) is 0 Å². The summed E-state index contributed by atoms with van der Waals surface area (Å²) in [4.78, 5) is 26.9. The van der Waals surface area contributed by atoms with Crippen molar-refractivity contribution < 1.29 is 22.9 Å². The van der Waals surface area contributed by atoms with Crippen molar-refractivity contribution in [3.8, 4) is 0 Å². The Morgan fingerprint density at radius 2 is 1.90 bits per heavy atom. The van der Waals surface area contributed by atoms with Crippen LogP contribution in [0.4, 0.5) is 21.9 Å². The maximum atomic E-state index is 12.4.